The smallest absolute Gasteiger partial charge is 0.223 e. The van der Waals surface area contributed by atoms with Crippen LogP contribution in [0.2, 0.25) is 0 Å². The van der Waals surface area contributed by atoms with Crippen molar-refractivity contribution in [2.75, 3.05) is 18.5 Å². The quantitative estimate of drug-likeness (QED) is 0.516. The van der Waals surface area contributed by atoms with Crippen LogP contribution >= 0.6 is 0 Å². The molecular weight excluding hydrogens is 435 g/mol. The summed E-state index contributed by atoms with van der Waals surface area (Å²) in [7, 11) is 0. The fraction of sp³-hybridized carbons (Fsp3) is 0.500. The maximum atomic E-state index is 14.9. The third kappa shape index (κ3) is 4.26. The molecule has 7 nitrogen and oxygen atoms in total. The van der Waals surface area contributed by atoms with Gasteiger partial charge in [0.15, 0.2) is 5.82 Å². The van der Waals surface area contributed by atoms with Crippen LogP contribution in [-0.4, -0.2) is 50.5 Å². The summed E-state index contributed by atoms with van der Waals surface area (Å²) < 4.78 is 20.2. The first kappa shape index (κ1) is 23.1. The van der Waals surface area contributed by atoms with Gasteiger partial charge in [-0.1, -0.05) is 32.8 Å². The zero-order valence-electron chi connectivity index (χ0n) is 19.6. The fourth-order valence-corrected chi connectivity index (χ4v) is 5.28. The zero-order valence-corrected chi connectivity index (χ0v) is 19.6. The second-order valence-corrected chi connectivity index (χ2v) is 9.78. The Kier molecular flexibility index (Phi) is 6.22. The molecule has 2 aliphatic rings. The van der Waals surface area contributed by atoms with Gasteiger partial charge in [0.25, 0.3) is 0 Å². The lowest BCUT2D eigenvalue weighted by Gasteiger charge is -2.28. The number of nitrogens with one attached hydrogen (secondary N) is 1. The third-order valence-corrected chi connectivity index (χ3v) is 7.08. The minimum Gasteiger partial charge on any atom is -0.389 e. The Morgan fingerprint density at radius 1 is 1.18 bits per heavy atom. The summed E-state index contributed by atoms with van der Waals surface area (Å²) in [5.41, 5.74) is 2.66. The van der Waals surface area contributed by atoms with Crippen molar-refractivity contribution in [3.05, 3.63) is 47.5 Å². The van der Waals surface area contributed by atoms with Crippen LogP contribution in [0.3, 0.4) is 0 Å². The molecule has 2 atom stereocenters. The van der Waals surface area contributed by atoms with Crippen molar-refractivity contribution >= 4 is 16.9 Å². The number of rotatable bonds is 5. The van der Waals surface area contributed by atoms with E-state index in [0.29, 0.717) is 18.6 Å². The number of nitrogens with zero attached hydrogens (tertiary/aromatic N) is 3. The van der Waals surface area contributed by atoms with Gasteiger partial charge in [-0.15, -0.1) is 0 Å². The normalized spacial score (nSPS) is 22.4. The summed E-state index contributed by atoms with van der Waals surface area (Å²) in [6, 6.07) is 5.34. The average molecular weight is 467 g/mol. The van der Waals surface area contributed by atoms with Crippen LogP contribution < -0.4 is 5.32 Å². The van der Waals surface area contributed by atoms with Crippen molar-refractivity contribution in [1.29, 1.82) is 0 Å². The topological polar surface area (TPSA) is 100 Å². The molecule has 1 saturated heterocycles. The lowest BCUT2D eigenvalue weighted by molar-refractivity contribution is -0.0136. The van der Waals surface area contributed by atoms with E-state index < -0.39 is 17.5 Å². The predicted molar refractivity (Wildman–Crippen MR) is 128 cm³/mol. The lowest BCUT2D eigenvalue weighted by Crippen LogP contribution is -2.42. The maximum absolute atomic E-state index is 14.9. The summed E-state index contributed by atoms with van der Waals surface area (Å²) in [5, 5.41) is 25.5. The number of aliphatic hydroxyl groups excluding tert-OH is 1. The molecule has 1 aliphatic heterocycles. The molecule has 2 aromatic heterocycles. The zero-order chi connectivity index (χ0) is 23.9. The van der Waals surface area contributed by atoms with Gasteiger partial charge in [0.05, 0.1) is 36.1 Å². The van der Waals surface area contributed by atoms with Crippen molar-refractivity contribution in [3.8, 4) is 11.3 Å². The number of ether oxygens (including phenoxy) is 1. The molecular formula is C26H31FN4O3. The van der Waals surface area contributed by atoms with Crippen LogP contribution in [0.5, 0.6) is 0 Å². The predicted octanol–water partition coefficient (Wildman–Crippen LogP) is 4.28. The second kappa shape index (κ2) is 9.17. The number of hydrogen-bond acceptors (Lipinski definition) is 7. The average Bonchev–Trinajstić information content (AvgIpc) is 3.28. The summed E-state index contributed by atoms with van der Waals surface area (Å²) in [6.07, 6.45) is 6.36. The lowest BCUT2D eigenvalue weighted by atomic mass is 9.83. The minimum atomic E-state index is -0.862. The molecule has 5 rings (SSSR count). The largest absolute Gasteiger partial charge is 0.389 e. The summed E-state index contributed by atoms with van der Waals surface area (Å²) in [6.45, 7) is 4.99. The third-order valence-electron chi connectivity index (χ3n) is 7.08. The Balaban J connectivity index is 1.57. The number of pyridine rings is 1. The molecule has 180 valence electrons. The number of benzene rings is 1. The monoisotopic (exact) mass is 466 g/mol. The number of anilines is 1. The molecule has 3 aromatic rings. The van der Waals surface area contributed by atoms with Gasteiger partial charge in [0.2, 0.25) is 5.95 Å². The molecule has 1 aliphatic carbocycles. The number of fused-ring (bicyclic) bond motifs is 1. The van der Waals surface area contributed by atoms with Gasteiger partial charge in [-0.3, -0.25) is 4.98 Å². The number of aliphatic hydroxyl groups is 2. The standard InChI is InChI=1S/C26H31FN4O3/c1-15(2)23-17-11-16(5-6-20(17)28-12-18(23)26(33)8-3-4-9-26)24-19(27)13-29-25(31-24)30-21-7-10-34-14-22(21)32/h5-6,11-13,15,21-22,32-33H,3-4,7-10,14H2,1-2H3,(H,29,30,31)/t21-,22+/m1/s1. The summed E-state index contributed by atoms with van der Waals surface area (Å²) in [4.78, 5) is 13.2. The molecule has 1 aromatic carbocycles. The van der Waals surface area contributed by atoms with E-state index in [2.05, 4.69) is 34.1 Å². The molecule has 3 heterocycles. The molecule has 3 N–H and O–H groups in total. The van der Waals surface area contributed by atoms with E-state index in [9.17, 15) is 14.6 Å². The van der Waals surface area contributed by atoms with Crippen molar-refractivity contribution in [2.45, 2.75) is 69.6 Å². The van der Waals surface area contributed by atoms with E-state index in [1.807, 2.05) is 24.4 Å². The first-order valence-corrected chi connectivity index (χ1v) is 12.1. The highest BCUT2D eigenvalue weighted by Gasteiger charge is 2.36. The Hall–Kier alpha value is -2.68. The first-order valence-electron chi connectivity index (χ1n) is 12.1. The van der Waals surface area contributed by atoms with E-state index in [-0.39, 0.29) is 30.2 Å². The van der Waals surface area contributed by atoms with E-state index >= 15 is 0 Å². The van der Waals surface area contributed by atoms with Gasteiger partial charge < -0.3 is 20.3 Å². The van der Waals surface area contributed by atoms with Crippen molar-refractivity contribution in [2.24, 2.45) is 0 Å². The summed E-state index contributed by atoms with van der Waals surface area (Å²) in [5.74, 6) is -0.108. The van der Waals surface area contributed by atoms with Crippen LogP contribution in [0.1, 0.15) is 63.0 Å². The van der Waals surface area contributed by atoms with Crippen LogP contribution in [0, 0.1) is 5.82 Å². The van der Waals surface area contributed by atoms with Gasteiger partial charge >= 0.3 is 0 Å². The van der Waals surface area contributed by atoms with Crippen molar-refractivity contribution in [3.63, 3.8) is 0 Å². The molecule has 0 amide bonds. The van der Waals surface area contributed by atoms with E-state index in [1.165, 1.54) is 0 Å². The molecule has 0 bridgehead atoms. The molecule has 0 radical (unpaired) electrons. The fourth-order valence-electron chi connectivity index (χ4n) is 5.28. The van der Waals surface area contributed by atoms with Crippen LogP contribution in [0.25, 0.3) is 22.2 Å². The van der Waals surface area contributed by atoms with E-state index in [1.54, 1.807) is 0 Å². The van der Waals surface area contributed by atoms with Gasteiger partial charge in [-0.25, -0.2) is 14.4 Å². The minimum absolute atomic E-state index is 0.155. The Morgan fingerprint density at radius 2 is 1.97 bits per heavy atom. The van der Waals surface area contributed by atoms with Gasteiger partial charge in [0.1, 0.15) is 5.69 Å². The Bertz CT molecular complexity index is 1200. The van der Waals surface area contributed by atoms with Crippen molar-refractivity contribution < 1.29 is 19.3 Å². The van der Waals surface area contributed by atoms with Gasteiger partial charge in [-0.05, 0) is 42.9 Å². The van der Waals surface area contributed by atoms with Crippen LogP contribution in [0.15, 0.2) is 30.6 Å². The SMILES string of the molecule is CC(C)c1c(C2(O)CCCC2)cnc2ccc(-c3nc(N[C@@H]4CCOC[C@@H]4O)ncc3F)cc12. The highest BCUT2D eigenvalue weighted by atomic mass is 19.1. The van der Waals surface area contributed by atoms with Gasteiger partial charge in [-0.2, -0.15) is 0 Å². The summed E-state index contributed by atoms with van der Waals surface area (Å²) >= 11 is 0. The maximum Gasteiger partial charge on any atom is 0.223 e. The molecule has 1 saturated carbocycles. The second-order valence-electron chi connectivity index (χ2n) is 9.78. The van der Waals surface area contributed by atoms with E-state index in [4.69, 9.17) is 4.74 Å². The van der Waals surface area contributed by atoms with Gasteiger partial charge in [0, 0.05) is 29.3 Å². The highest BCUT2D eigenvalue weighted by molar-refractivity contribution is 5.88. The molecule has 34 heavy (non-hydrogen) atoms. The van der Waals surface area contributed by atoms with Crippen LogP contribution in [0.4, 0.5) is 10.3 Å². The first-order chi connectivity index (χ1) is 16.4. The Labute approximate surface area is 198 Å². The molecule has 2 fully saturated rings. The van der Waals surface area contributed by atoms with E-state index in [0.717, 1.165) is 53.9 Å². The number of hydrogen-bond donors (Lipinski definition) is 3. The molecule has 0 unspecified atom stereocenters. The Morgan fingerprint density at radius 3 is 2.71 bits per heavy atom. The van der Waals surface area contributed by atoms with Crippen molar-refractivity contribution in [1.82, 2.24) is 15.0 Å². The molecule has 8 heteroatoms. The number of aromatic nitrogens is 3. The highest BCUT2D eigenvalue weighted by Crippen LogP contribution is 2.43. The molecule has 0 spiro atoms. The number of halogens is 1. The van der Waals surface area contributed by atoms with Crippen LogP contribution in [-0.2, 0) is 10.3 Å².